The minimum Gasteiger partial charge on any atom is -0.497 e. The molecule has 1 heterocycles. The van der Waals surface area contributed by atoms with E-state index in [9.17, 15) is 4.79 Å². The first kappa shape index (κ1) is 17.6. The van der Waals surface area contributed by atoms with Crippen molar-refractivity contribution in [3.63, 3.8) is 0 Å². The largest absolute Gasteiger partial charge is 0.497 e. The van der Waals surface area contributed by atoms with Gasteiger partial charge >= 0.3 is 0 Å². The monoisotopic (exact) mass is 352 g/mol. The molecule has 0 saturated carbocycles. The number of amides is 1. The number of thiazole rings is 1. The third-order valence-corrected chi connectivity index (χ3v) is 5.03. The van der Waals surface area contributed by atoms with E-state index in [1.54, 1.807) is 30.8 Å². The zero-order valence-corrected chi connectivity index (χ0v) is 15.1. The van der Waals surface area contributed by atoms with Gasteiger partial charge in [0.05, 0.1) is 19.4 Å². The number of hydrogen-bond donors (Lipinski definition) is 0. The molecule has 0 aliphatic carbocycles. The molecule has 0 aliphatic rings. The Hall–Kier alpha value is -1.73. The molecule has 0 atom stereocenters. The lowest BCUT2D eigenvalue weighted by molar-refractivity contribution is -0.116. The highest BCUT2D eigenvalue weighted by molar-refractivity contribution is 7.98. The number of nitrogens with zero attached hydrogens (tertiary/aromatic N) is 2. The van der Waals surface area contributed by atoms with Crippen LogP contribution < -0.4 is 14.4 Å². The molecule has 23 heavy (non-hydrogen) atoms. The molecule has 0 bridgehead atoms. The minimum absolute atomic E-state index is 0.00792. The van der Waals surface area contributed by atoms with Gasteiger partial charge in [0, 0.05) is 30.9 Å². The van der Waals surface area contributed by atoms with E-state index >= 15 is 0 Å². The Morgan fingerprint density at radius 3 is 2.65 bits per heavy atom. The average Bonchev–Trinajstić information content (AvgIpc) is 3.03. The molecule has 0 fully saturated rings. The highest BCUT2D eigenvalue weighted by atomic mass is 32.2. The van der Waals surface area contributed by atoms with E-state index in [0.29, 0.717) is 6.61 Å². The van der Waals surface area contributed by atoms with Crippen molar-refractivity contribution in [2.24, 2.45) is 0 Å². The molecule has 2 aromatic rings. The molecule has 1 aromatic carbocycles. The summed E-state index contributed by atoms with van der Waals surface area (Å²) in [6, 6.07) is 7.55. The lowest BCUT2D eigenvalue weighted by Gasteiger charge is -2.09. The molecule has 124 valence electrons. The first-order valence-electron chi connectivity index (χ1n) is 7.13. The minimum atomic E-state index is -0.00792. The van der Waals surface area contributed by atoms with Crippen LogP contribution in [0.15, 0.2) is 29.6 Å². The van der Waals surface area contributed by atoms with Gasteiger partial charge < -0.3 is 9.47 Å². The molecule has 7 heteroatoms. The number of benzene rings is 1. The summed E-state index contributed by atoms with van der Waals surface area (Å²) in [6.07, 6.45) is 0. The van der Waals surface area contributed by atoms with E-state index in [0.717, 1.165) is 33.8 Å². The number of carbonyl (C=O) groups is 1. The highest BCUT2D eigenvalue weighted by Crippen LogP contribution is 2.22. The van der Waals surface area contributed by atoms with Crippen LogP contribution in [0.3, 0.4) is 0 Å². The van der Waals surface area contributed by atoms with E-state index in [1.165, 1.54) is 18.3 Å². The Bertz CT molecular complexity index is 629. The SMILES string of the molecule is COc1ccc(OCCSCc2csc(N(C)C(C)=O)n2)cc1. The van der Waals surface area contributed by atoms with Gasteiger partial charge in [0.25, 0.3) is 0 Å². The van der Waals surface area contributed by atoms with Crippen LogP contribution >= 0.6 is 23.1 Å². The third-order valence-electron chi connectivity index (χ3n) is 3.10. The van der Waals surface area contributed by atoms with Gasteiger partial charge in [-0.05, 0) is 24.3 Å². The van der Waals surface area contributed by atoms with Crippen LogP contribution in [0.25, 0.3) is 0 Å². The lowest BCUT2D eigenvalue weighted by Crippen LogP contribution is -2.22. The second-order valence-electron chi connectivity index (χ2n) is 4.78. The number of rotatable bonds is 8. The highest BCUT2D eigenvalue weighted by Gasteiger charge is 2.10. The molecular weight excluding hydrogens is 332 g/mol. The lowest BCUT2D eigenvalue weighted by atomic mass is 10.3. The zero-order chi connectivity index (χ0) is 16.7. The molecule has 0 spiro atoms. The van der Waals surface area contributed by atoms with Gasteiger partial charge in [0.2, 0.25) is 5.91 Å². The van der Waals surface area contributed by atoms with Gasteiger partial charge in [0.1, 0.15) is 11.5 Å². The van der Waals surface area contributed by atoms with Gasteiger partial charge in [-0.2, -0.15) is 11.8 Å². The average molecular weight is 352 g/mol. The Morgan fingerprint density at radius 2 is 2.00 bits per heavy atom. The van der Waals surface area contributed by atoms with Crippen LogP contribution in [0.4, 0.5) is 5.13 Å². The van der Waals surface area contributed by atoms with Crippen LogP contribution in [-0.2, 0) is 10.5 Å². The fraction of sp³-hybridized carbons (Fsp3) is 0.375. The Kier molecular flexibility index (Phi) is 6.73. The summed E-state index contributed by atoms with van der Waals surface area (Å²) in [5, 5.41) is 2.73. The quantitative estimate of drug-likeness (QED) is 0.681. The molecule has 1 amide bonds. The summed E-state index contributed by atoms with van der Waals surface area (Å²) in [4.78, 5) is 17.3. The van der Waals surface area contributed by atoms with Crippen molar-refractivity contribution >= 4 is 34.1 Å². The Morgan fingerprint density at radius 1 is 1.30 bits per heavy atom. The van der Waals surface area contributed by atoms with Gasteiger partial charge in [-0.1, -0.05) is 0 Å². The number of methoxy groups -OCH3 is 1. The second kappa shape index (κ2) is 8.79. The van der Waals surface area contributed by atoms with Crippen molar-refractivity contribution in [2.75, 3.05) is 31.4 Å². The zero-order valence-electron chi connectivity index (χ0n) is 13.4. The molecule has 5 nitrogen and oxygen atoms in total. The first-order valence-corrected chi connectivity index (χ1v) is 9.17. The molecule has 0 radical (unpaired) electrons. The fourth-order valence-electron chi connectivity index (χ4n) is 1.72. The van der Waals surface area contributed by atoms with E-state index in [-0.39, 0.29) is 5.91 Å². The predicted molar refractivity (Wildman–Crippen MR) is 95.8 cm³/mol. The molecule has 2 rings (SSSR count). The van der Waals surface area contributed by atoms with E-state index in [2.05, 4.69) is 4.98 Å². The summed E-state index contributed by atoms with van der Waals surface area (Å²) in [6.45, 7) is 2.17. The number of ether oxygens (including phenoxy) is 2. The fourth-order valence-corrected chi connectivity index (χ4v) is 3.36. The van der Waals surface area contributed by atoms with Gasteiger partial charge in [-0.25, -0.2) is 4.98 Å². The predicted octanol–water partition coefficient (Wildman–Crippen LogP) is 3.45. The summed E-state index contributed by atoms with van der Waals surface area (Å²) < 4.78 is 10.8. The van der Waals surface area contributed by atoms with E-state index < -0.39 is 0 Å². The maximum absolute atomic E-state index is 11.3. The summed E-state index contributed by atoms with van der Waals surface area (Å²) in [5.41, 5.74) is 0.993. The second-order valence-corrected chi connectivity index (χ2v) is 6.72. The maximum Gasteiger partial charge on any atom is 0.225 e. The van der Waals surface area contributed by atoms with Crippen molar-refractivity contribution in [3.05, 3.63) is 35.3 Å². The Balaban J connectivity index is 1.68. The van der Waals surface area contributed by atoms with Gasteiger partial charge in [-0.15, -0.1) is 11.3 Å². The smallest absolute Gasteiger partial charge is 0.225 e. The van der Waals surface area contributed by atoms with Crippen LogP contribution in [0.5, 0.6) is 11.5 Å². The summed E-state index contributed by atoms with van der Waals surface area (Å²) >= 11 is 3.25. The molecule has 1 aromatic heterocycles. The van der Waals surface area contributed by atoms with Crippen LogP contribution in [-0.4, -0.2) is 37.4 Å². The third kappa shape index (κ3) is 5.44. The first-order chi connectivity index (χ1) is 11.1. The topological polar surface area (TPSA) is 51.7 Å². The van der Waals surface area contributed by atoms with Crippen molar-refractivity contribution in [1.29, 1.82) is 0 Å². The van der Waals surface area contributed by atoms with Crippen molar-refractivity contribution in [1.82, 2.24) is 4.98 Å². The standard InChI is InChI=1S/C16H20N2O3S2/c1-12(19)18(2)16-17-13(11-23-16)10-22-9-8-21-15-6-4-14(20-3)5-7-15/h4-7,11H,8-10H2,1-3H3. The summed E-state index contributed by atoms with van der Waals surface area (Å²) in [5.74, 6) is 3.34. The van der Waals surface area contributed by atoms with Gasteiger partial charge in [-0.3, -0.25) is 9.69 Å². The number of hydrogen-bond acceptors (Lipinski definition) is 6. The molecule has 0 saturated heterocycles. The van der Waals surface area contributed by atoms with E-state index in [1.807, 2.05) is 29.6 Å². The molecular formula is C16H20N2O3S2. The van der Waals surface area contributed by atoms with Crippen molar-refractivity contribution in [3.8, 4) is 11.5 Å². The molecule has 0 N–H and O–H groups in total. The Labute approximate surface area is 144 Å². The normalized spacial score (nSPS) is 10.4. The molecule has 0 unspecified atom stereocenters. The van der Waals surface area contributed by atoms with Crippen LogP contribution in [0.1, 0.15) is 12.6 Å². The number of anilines is 1. The van der Waals surface area contributed by atoms with Crippen LogP contribution in [0, 0.1) is 0 Å². The van der Waals surface area contributed by atoms with Crippen LogP contribution in [0.2, 0.25) is 0 Å². The van der Waals surface area contributed by atoms with E-state index in [4.69, 9.17) is 9.47 Å². The number of thioether (sulfide) groups is 1. The molecule has 0 aliphatic heterocycles. The van der Waals surface area contributed by atoms with Crippen molar-refractivity contribution < 1.29 is 14.3 Å². The number of carbonyl (C=O) groups excluding carboxylic acids is 1. The maximum atomic E-state index is 11.3. The van der Waals surface area contributed by atoms with Gasteiger partial charge in [0.15, 0.2) is 5.13 Å². The summed E-state index contributed by atoms with van der Waals surface area (Å²) in [7, 11) is 3.38. The van der Waals surface area contributed by atoms with Crippen molar-refractivity contribution in [2.45, 2.75) is 12.7 Å². The number of aromatic nitrogens is 1.